The number of benzene rings is 1. The molecule has 1 aromatic carbocycles. The van der Waals surface area contributed by atoms with Gasteiger partial charge in [-0.3, -0.25) is 15.6 Å². The number of carbonyl (C=O) groups excluding carboxylic acids is 1. The monoisotopic (exact) mass is 563 g/mol. The molecule has 0 spiro atoms. The van der Waals surface area contributed by atoms with Crippen molar-refractivity contribution in [2.45, 2.75) is 45.4 Å². The van der Waals surface area contributed by atoms with Gasteiger partial charge in [0.15, 0.2) is 16.8 Å². The number of ether oxygens (including phenoxy) is 1. The molecular formula is C19H20ClFIN5O4. The van der Waals surface area contributed by atoms with Crippen LogP contribution in [0.15, 0.2) is 23.2 Å². The van der Waals surface area contributed by atoms with Gasteiger partial charge in [-0.1, -0.05) is 11.6 Å². The van der Waals surface area contributed by atoms with Gasteiger partial charge in [-0.2, -0.15) is 0 Å². The average Bonchev–Trinajstić information content (AvgIpc) is 2.89. The summed E-state index contributed by atoms with van der Waals surface area (Å²) in [5, 5.41) is 14.0. The van der Waals surface area contributed by atoms with Crippen LogP contribution in [0.2, 0.25) is 5.15 Å². The zero-order chi connectivity index (χ0) is 23.1. The number of amidine groups is 1. The zero-order valence-corrected chi connectivity index (χ0v) is 20.0. The van der Waals surface area contributed by atoms with E-state index in [1.165, 1.54) is 12.1 Å². The van der Waals surface area contributed by atoms with Crippen molar-refractivity contribution >= 4 is 57.9 Å². The predicted molar refractivity (Wildman–Crippen MR) is 121 cm³/mol. The Hall–Kier alpha value is -2.41. The molecule has 0 saturated heterocycles. The summed E-state index contributed by atoms with van der Waals surface area (Å²) in [5.74, 6) is -0.217. The molecule has 31 heavy (non-hydrogen) atoms. The number of amides is 2. The summed E-state index contributed by atoms with van der Waals surface area (Å²) in [5.41, 5.74) is -1.63. The SMILES string of the molecule is CC(C)(C)OC(=O)NC1=NC(C)(c2cc(NC(=O)O)ccc2F)Cn2c1nc(Cl)c2I. The lowest BCUT2D eigenvalue weighted by atomic mass is 9.90. The minimum Gasteiger partial charge on any atom is -0.465 e. The number of aromatic nitrogens is 2. The number of anilines is 1. The number of hydrogen-bond acceptors (Lipinski definition) is 5. The first-order chi connectivity index (χ1) is 14.3. The Morgan fingerprint density at radius 3 is 2.65 bits per heavy atom. The van der Waals surface area contributed by atoms with E-state index >= 15 is 0 Å². The Morgan fingerprint density at radius 1 is 1.35 bits per heavy atom. The van der Waals surface area contributed by atoms with Crippen molar-refractivity contribution in [3.05, 3.63) is 44.3 Å². The van der Waals surface area contributed by atoms with E-state index in [0.29, 0.717) is 9.53 Å². The Bertz CT molecular complexity index is 1100. The number of halogens is 3. The second-order valence-corrected chi connectivity index (χ2v) is 9.47. The Kier molecular flexibility index (Phi) is 6.20. The van der Waals surface area contributed by atoms with Crippen LogP contribution in [0.25, 0.3) is 0 Å². The minimum absolute atomic E-state index is 0.0591. The molecular weight excluding hydrogens is 544 g/mol. The maximum Gasteiger partial charge on any atom is 0.413 e. The van der Waals surface area contributed by atoms with Gasteiger partial charge in [-0.25, -0.2) is 19.0 Å². The Labute approximate surface area is 196 Å². The molecule has 1 atom stereocenters. The molecule has 2 aromatic rings. The first kappa shape index (κ1) is 23.3. The number of hydrogen-bond donors (Lipinski definition) is 3. The highest BCUT2D eigenvalue weighted by molar-refractivity contribution is 14.1. The summed E-state index contributed by atoms with van der Waals surface area (Å²) < 4.78 is 22.4. The molecule has 0 bridgehead atoms. The second kappa shape index (κ2) is 8.26. The van der Waals surface area contributed by atoms with Gasteiger partial charge in [0.1, 0.15) is 20.7 Å². The predicted octanol–water partition coefficient (Wildman–Crippen LogP) is 4.57. The number of imidazole rings is 1. The third kappa shape index (κ3) is 5.09. The van der Waals surface area contributed by atoms with Crippen molar-refractivity contribution in [1.82, 2.24) is 14.9 Å². The number of carboxylic acid groups (broad SMARTS) is 1. The molecule has 166 valence electrons. The third-order valence-corrected chi connectivity index (χ3v) is 6.00. The van der Waals surface area contributed by atoms with Crippen LogP contribution in [0.5, 0.6) is 0 Å². The summed E-state index contributed by atoms with van der Waals surface area (Å²) in [7, 11) is 0. The Balaban J connectivity index is 2.09. The molecule has 12 heteroatoms. The topological polar surface area (TPSA) is 118 Å². The van der Waals surface area contributed by atoms with Crippen molar-refractivity contribution in [3.63, 3.8) is 0 Å². The van der Waals surface area contributed by atoms with E-state index in [2.05, 4.69) is 20.6 Å². The van der Waals surface area contributed by atoms with Gasteiger partial charge in [-0.15, -0.1) is 0 Å². The first-order valence-electron chi connectivity index (χ1n) is 9.11. The maximum absolute atomic E-state index is 14.8. The van der Waals surface area contributed by atoms with E-state index in [1.807, 2.05) is 22.6 Å². The highest BCUT2D eigenvalue weighted by atomic mass is 127. The van der Waals surface area contributed by atoms with E-state index in [0.717, 1.165) is 6.07 Å². The van der Waals surface area contributed by atoms with Crippen LogP contribution >= 0.6 is 34.2 Å². The number of carbonyl (C=O) groups is 2. The third-order valence-electron chi connectivity index (χ3n) is 4.32. The summed E-state index contributed by atoms with van der Waals surface area (Å²) in [6.07, 6.45) is -2.03. The van der Waals surface area contributed by atoms with Gasteiger partial charge >= 0.3 is 12.2 Å². The fraction of sp³-hybridized carbons (Fsp3) is 0.368. The summed E-state index contributed by atoms with van der Waals surface area (Å²) in [4.78, 5) is 32.2. The number of aliphatic imine (C=N–C) groups is 1. The van der Waals surface area contributed by atoms with Gasteiger partial charge in [0.05, 0.1) is 6.54 Å². The van der Waals surface area contributed by atoms with Gasteiger partial charge < -0.3 is 14.4 Å². The molecule has 2 amide bonds. The van der Waals surface area contributed by atoms with Gasteiger partial charge in [-0.05, 0) is 68.5 Å². The lowest BCUT2D eigenvalue weighted by Gasteiger charge is -2.33. The normalized spacial score (nSPS) is 18.1. The van der Waals surface area contributed by atoms with E-state index in [1.54, 1.807) is 32.3 Å². The van der Waals surface area contributed by atoms with Gasteiger partial charge in [0, 0.05) is 11.3 Å². The molecule has 0 fully saturated rings. The van der Waals surface area contributed by atoms with Crippen molar-refractivity contribution in [2.24, 2.45) is 4.99 Å². The lowest BCUT2D eigenvalue weighted by Crippen LogP contribution is -2.44. The number of fused-ring (bicyclic) bond motifs is 1. The van der Waals surface area contributed by atoms with Crippen LogP contribution in [0.4, 0.5) is 19.7 Å². The molecule has 0 radical (unpaired) electrons. The smallest absolute Gasteiger partial charge is 0.413 e. The van der Waals surface area contributed by atoms with Crippen molar-refractivity contribution in [2.75, 3.05) is 5.32 Å². The number of rotatable bonds is 2. The highest BCUT2D eigenvalue weighted by Gasteiger charge is 2.38. The molecule has 2 heterocycles. The standard InChI is InChI=1S/C19H20ClFIN5O4/c1-18(2,3)31-17(30)25-14-15-24-12(20)13(22)27(15)8-19(4,26-14)10-7-9(23-16(28)29)5-6-11(10)21/h5-7,23H,8H2,1-4H3,(H,28,29)(H,25,26,30). The van der Waals surface area contributed by atoms with Crippen LogP contribution in [-0.2, 0) is 16.8 Å². The number of nitrogens with one attached hydrogen (secondary N) is 2. The number of alkyl carbamates (subject to hydrolysis) is 1. The van der Waals surface area contributed by atoms with Gasteiger partial charge in [0.25, 0.3) is 0 Å². The van der Waals surface area contributed by atoms with E-state index in [4.69, 9.17) is 21.4 Å². The van der Waals surface area contributed by atoms with E-state index < -0.39 is 29.1 Å². The van der Waals surface area contributed by atoms with Crippen molar-refractivity contribution < 1.29 is 23.8 Å². The summed E-state index contributed by atoms with van der Waals surface area (Å²) in [6.45, 7) is 6.98. The second-order valence-electron chi connectivity index (χ2n) is 8.09. The van der Waals surface area contributed by atoms with Gasteiger partial charge in [0.2, 0.25) is 0 Å². The largest absolute Gasteiger partial charge is 0.465 e. The van der Waals surface area contributed by atoms with E-state index in [9.17, 15) is 14.0 Å². The van der Waals surface area contributed by atoms with E-state index in [-0.39, 0.29) is 28.8 Å². The average molecular weight is 564 g/mol. The molecule has 1 aromatic heterocycles. The molecule has 3 rings (SSSR count). The molecule has 0 aliphatic carbocycles. The number of nitrogens with zero attached hydrogens (tertiary/aromatic N) is 3. The summed E-state index contributed by atoms with van der Waals surface area (Å²) >= 11 is 8.20. The van der Waals surface area contributed by atoms with Crippen molar-refractivity contribution in [1.29, 1.82) is 0 Å². The quantitative estimate of drug-likeness (QED) is 0.463. The molecule has 1 unspecified atom stereocenters. The van der Waals surface area contributed by atoms with Crippen LogP contribution in [0.3, 0.4) is 0 Å². The van der Waals surface area contributed by atoms with Crippen LogP contribution in [0.1, 0.15) is 39.1 Å². The van der Waals surface area contributed by atoms with Crippen LogP contribution in [0, 0.1) is 9.52 Å². The molecule has 0 saturated carbocycles. The fourth-order valence-corrected chi connectivity index (χ4v) is 3.84. The minimum atomic E-state index is -1.28. The molecule has 1 aliphatic heterocycles. The van der Waals surface area contributed by atoms with Crippen molar-refractivity contribution in [3.8, 4) is 0 Å². The first-order valence-corrected chi connectivity index (χ1v) is 10.6. The maximum atomic E-state index is 14.8. The molecule has 1 aliphatic rings. The van der Waals surface area contributed by atoms with Crippen LogP contribution < -0.4 is 10.6 Å². The molecule has 3 N–H and O–H groups in total. The fourth-order valence-electron chi connectivity index (χ4n) is 3.14. The molecule has 9 nitrogen and oxygen atoms in total. The summed E-state index contributed by atoms with van der Waals surface area (Å²) in [6, 6.07) is 3.84. The zero-order valence-electron chi connectivity index (χ0n) is 17.1. The highest BCUT2D eigenvalue weighted by Crippen LogP contribution is 2.37. The Morgan fingerprint density at radius 2 is 2.03 bits per heavy atom. The lowest BCUT2D eigenvalue weighted by molar-refractivity contribution is 0.0562. The van der Waals surface area contributed by atoms with Crippen LogP contribution in [-0.4, -0.2) is 38.3 Å².